The minimum atomic E-state index is 0.139. The third-order valence-electron chi connectivity index (χ3n) is 3.70. The van der Waals surface area contributed by atoms with Crippen LogP contribution in [-0.4, -0.2) is 18.2 Å². The molecule has 1 aromatic rings. The number of rotatable bonds is 6. The average Bonchev–Trinajstić information content (AvgIpc) is 2.88. The van der Waals surface area contributed by atoms with Gasteiger partial charge in [-0.1, -0.05) is 37.1 Å². The van der Waals surface area contributed by atoms with Gasteiger partial charge in [0.15, 0.2) is 0 Å². The summed E-state index contributed by atoms with van der Waals surface area (Å²) >= 11 is 0. The van der Waals surface area contributed by atoms with Crippen molar-refractivity contribution in [2.75, 3.05) is 13.1 Å². The van der Waals surface area contributed by atoms with Crippen LogP contribution in [0.1, 0.15) is 36.8 Å². The van der Waals surface area contributed by atoms with E-state index in [0.717, 1.165) is 24.4 Å². The molecule has 1 aromatic carbocycles. The van der Waals surface area contributed by atoms with Gasteiger partial charge >= 0.3 is 0 Å². The van der Waals surface area contributed by atoms with Crippen LogP contribution in [0.3, 0.4) is 0 Å². The van der Waals surface area contributed by atoms with Crippen molar-refractivity contribution in [1.82, 2.24) is 5.32 Å². The molecule has 2 rings (SSSR count). The van der Waals surface area contributed by atoms with Crippen LogP contribution in [0.4, 0.5) is 0 Å². The Balaban J connectivity index is 1.63. The standard InChI is InChI=1S/C15H23NO/c17-12-15-7-5-13(6-8-15)9-10-16-11-14-3-1-2-4-14/h5-8,14,16-17H,1-4,9-12H2. The normalized spacial score (nSPS) is 16.5. The van der Waals surface area contributed by atoms with E-state index in [-0.39, 0.29) is 6.61 Å². The van der Waals surface area contributed by atoms with Crippen molar-refractivity contribution >= 4 is 0 Å². The van der Waals surface area contributed by atoms with E-state index in [0.29, 0.717) is 0 Å². The lowest BCUT2D eigenvalue weighted by Crippen LogP contribution is -2.23. The van der Waals surface area contributed by atoms with Gasteiger partial charge in [0.05, 0.1) is 6.61 Å². The summed E-state index contributed by atoms with van der Waals surface area (Å²) in [6.07, 6.45) is 6.76. The maximum atomic E-state index is 8.95. The maximum Gasteiger partial charge on any atom is 0.0681 e. The Morgan fingerprint density at radius 3 is 2.35 bits per heavy atom. The molecule has 0 bridgehead atoms. The van der Waals surface area contributed by atoms with Gasteiger partial charge < -0.3 is 10.4 Å². The van der Waals surface area contributed by atoms with Gasteiger partial charge in [-0.05, 0) is 49.4 Å². The summed E-state index contributed by atoms with van der Waals surface area (Å²) in [6, 6.07) is 8.24. The largest absolute Gasteiger partial charge is 0.392 e. The fraction of sp³-hybridized carbons (Fsp3) is 0.600. The Morgan fingerprint density at radius 1 is 1.06 bits per heavy atom. The number of hydrogen-bond donors (Lipinski definition) is 2. The highest BCUT2D eigenvalue weighted by atomic mass is 16.3. The summed E-state index contributed by atoms with van der Waals surface area (Å²) < 4.78 is 0. The van der Waals surface area contributed by atoms with Crippen molar-refractivity contribution < 1.29 is 5.11 Å². The zero-order valence-corrected chi connectivity index (χ0v) is 10.5. The first kappa shape index (κ1) is 12.6. The van der Waals surface area contributed by atoms with Gasteiger partial charge in [0.2, 0.25) is 0 Å². The summed E-state index contributed by atoms with van der Waals surface area (Å²) in [5, 5.41) is 12.5. The van der Waals surface area contributed by atoms with Gasteiger partial charge in [0, 0.05) is 0 Å². The molecule has 0 heterocycles. The molecular formula is C15H23NO. The Labute approximate surface area is 104 Å². The molecule has 2 nitrogen and oxygen atoms in total. The van der Waals surface area contributed by atoms with E-state index in [1.165, 1.54) is 37.8 Å². The Morgan fingerprint density at radius 2 is 1.71 bits per heavy atom. The molecule has 0 aromatic heterocycles. The van der Waals surface area contributed by atoms with Gasteiger partial charge in [0.1, 0.15) is 0 Å². The molecule has 0 amide bonds. The van der Waals surface area contributed by atoms with Crippen LogP contribution in [0.5, 0.6) is 0 Å². The predicted molar refractivity (Wildman–Crippen MR) is 70.9 cm³/mol. The fourth-order valence-electron chi connectivity index (χ4n) is 2.56. The van der Waals surface area contributed by atoms with Crippen molar-refractivity contribution in [3.8, 4) is 0 Å². The van der Waals surface area contributed by atoms with E-state index in [1.807, 2.05) is 12.1 Å². The van der Waals surface area contributed by atoms with Crippen LogP contribution in [0, 0.1) is 5.92 Å². The first-order valence-electron chi connectivity index (χ1n) is 6.78. The van der Waals surface area contributed by atoms with E-state index in [1.54, 1.807) is 0 Å². The van der Waals surface area contributed by atoms with E-state index in [4.69, 9.17) is 5.11 Å². The summed E-state index contributed by atoms with van der Waals surface area (Å²) in [4.78, 5) is 0. The number of aliphatic hydroxyl groups excluding tert-OH is 1. The highest BCUT2D eigenvalue weighted by Crippen LogP contribution is 2.23. The van der Waals surface area contributed by atoms with Gasteiger partial charge in [-0.3, -0.25) is 0 Å². The van der Waals surface area contributed by atoms with Crippen LogP contribution in [0.2, 0.25) is 0 Å². The number of aliphatic hydroxyl groups is 1. The first-order valence-corrected chi connectivity index (χ1v) is 6.78. The Kier molecular flexibility index (Phi) is 5.02. The second kappa shape index (κ2) is 6.77. The molecule has 1 fully saturated rings. The lowest BCUT2D eigenvalue weighted by molar-refractivity contribution is 0.282. The van der Waals surface area contributed by atoms with Crippen LogP contribution < -0.4 is 5.32 Å². The third kappa shape index (κ3) is 4.14. The molecule has 0 unspecified atom stereocenters. The highest BCUT2D eigenvalue weighted by Gasteiger charge is 2.13. The summed E-state index contributed by atoms with van der Waals surface area (Å²) in [5.74, 6) is 0.923. The molecule has 1 aliphatic rings. The lowest BCUT2D eigenvalue weighted by Gasteiger charge is -2.10. The van der Waals surface area contributed by atoms with E-state index in [2.05, 4.69) is 17.4 Å². The molecular weight excluding hydrogens is 210 g/mol. The van der Waals surface area contributed by atoms with Crippen molar-refractivity contribution in [3.63, 3.8) is 0 Å². The smallest absolute Gasteiger partial charge is 0.0681 e. The molecule has 0 aliphatic heterocycles. The van der Waals surface area contributed by atoms with Crippen molar-refractivity contribution in [3.05, 3.63) is 35.4 Å². The zero-order chi connectivity index (χ0) is 11.9. The number of benzene rings is 1. The van der Waals surface area contributed by atoms with Gasteiger partial charge in [-0.25, -0.2) is 0 Å². The average molecular weight is 233 g/mol. The molecule has 2 heteroatoms. The van der Waals surface area contributed by atoms with E-state index in [9.17, 15) is 0 Å². The minimum Gasteiger partial charge on any atom is -0.392 e. The summed E-state index contributed by atoms with van der Waals surface area (Å²) in [6.45, 7) is 2.39. The van der Waals surface area contributed by atoms with Gasteiger partial charge in [0.25, 0.3) is 0 Å². The van der Waals surface area contributed by atoms with Crippen LogP contribution in [-0.2, 0) is 13.0 Å². The zero-order valence-electron chi connectivity index (χ0n) is 10.5. The first-order chi connectivity index (χ1) is 8.38. The van der Waals surface area contributed by atoms with Gasteiger partial charge in [-0.2, -0.15) is 0 Å². The topological polar surface area (TPSA) is 32.3 Å². The Hall–Kier alpha value is -0.860. The van der Waals surface area contributed by atoms with Crippen LogP contribution in [0.25, 0.3) is 0 Å². The second-order valence-corrected chi connectivity index (χ2v) is 5.08. The second-order valence-electron chi connectivity index (χ2n) is 5.08. The molecule has 0 radical (unpaired) electrons. The number of hydrogen-bond acceptors (Lipinski definition) is 2. The van der Waals surface area contributed by atoms with Crippen molar-refractivity contribution in [2.24, 2.45) is 5.92 Å². The Bertz CT molecular complexity index is 314. The minimum absolute atomic E-state index is 0.139. The molecule has 94 valence electrons. The summed E-state index contributed by atoms with van der Waals surface area (Å²) in [5.41, 5.74) is 2.34. The fourth-order valence-corrected chi connectivity index (χ4v) is 2.56. The third-order valence-corrected chi connectivity index (χ3v) is 3.70. The molecule has 1 aliphatic carbocycles. The molecule has 0 atom stereocenters. The lowest BCUT2D eigenvalue weighted by atomic mass is 10.1. The molecule has 17 heavy (non-hydrogen) atoms. The quantitative estimate of drug-likeness (QED) is 0.740. The molecule has 2 N–H and O–H groups in total. The maximum absolute atomic E-state index is 8.95. The van der Waals surface area contributed by atoms with E-state index < -0.39 is 0 Å². The van der Waals surface area contributed by atoms with Crippen LogP contribution in [0.15, 0.2) is 24.3 Å². The monoisotopic (exact) mass is 233 g/mol. The highest BCUT2D eigenvalue weighted by molar-refractivity contribution is 5.22. The van der Waals surface area contributed by atoms with Crippen molar-refractivity contribution in [1.29, 1.82) is 0 Å². The SMILES string of the molecule is OCc1ccc(CCNCC2CCCC2)cc1. The van der Waals surface area contributed by atoms with Gasteiger partial charge in [-0.15, -0.1) is 0 Å². The van der Waals surface area contributed by atoms with Crippen molar-refractivity contribution in [2.45, 2.75) is 38.7 Å². The number of nitrogens with one attached hydrogen (secondary N) is 1. The van der Waals surface area contributed by atoms with E-state index >= 15 is 0 Å². The van der Waals surface area contributed by atoms with Crippen LogP contribution >= 0.6 is 0 Å². The molecule has 0 spiro atoms. The molecule has 0 saturated heterocycles. The molecule has 1 saturated carbocycles. The summed E-state index contributed by atoms with van der Waals surface area (Å²) in [7, 11) is 0. The predicted octanol–water partition coefficient (Wildman–Crippen LogP) is 2.50.